The van der Waals surface area contributed by atoms with Gasteiger partial charge in [-0.15, -0.1) is 0 Å². The van der Waals surface area contributed by atoms with E-state index in [1.807, 2.05) is 29.2 Å². The third kappa shape index (κ3) is 4.56. The summed E-state index contributed by atoms with van der Waals surface area (Å²) in [5.74, 6) is -0.170. The van der Waals surface area contributed by atoms with Crippen molar-refractivity contribution in [3.63, 3.8) is 0 Å². The van der Waals surface area contributed by atoms with E-state index in [0.29, 0.717) is 47.7 Å². The lowest BCUT2D eigenvalue weighted by atomic mass is 9.94. The molecule has 3 heterocycles. The largest absolute Gasteiger partial charge is 0.383 e. The molecule has 1 fully saturated rings. The Balaban J connectivity index is 1.42. The molecule has 1 atom stereocenters. The molecule has 37 heavy (non-hydrogen) atoms. The van der Waals surface area contributed by atoms with Gasteiger partial charge in [-0.3, -0.25) is 4.79 Å². The number of carbonyl (C=O) groups is 1. The Labute approximate surface area is 216 Å². The van der Waals surface area contributed by atoms with Crippen LogP contribution in [0.2, 0.25) is 0 Å². The van der Waals surface area contributed by atoms with Crippen molar-refractivity contribution in [2.75, 3.05) is 36.5 Å². The minimum Gasteiger partial charge on any atom is -0.383 e. The molecule has 3 aromatic rings. The Bertz CT molecular complexity index is 1500. The average molecular weight is 523 g/mol. The number of hydrogen-bond donors (Lipinski definition) is 2. The summed E-state index contributed by atoms with van der Waals surface area (Å²) in [5.41, 5.74) is 11.0. The molecule has 194 valence electrons. The fraction of sp³-hybridized carbons (Fsp3) is 0.357. The number of rotatable bonds is 5. The molecule has 1 amide bonds. The number of halogens is 1. The Kier molecular flexibility index (Phi) is 6.22. The smallest absolute Gasteiger partial charge is 0.251 e. The maximum absolute atomic E-state index is 15.4. The molecule has 7 nitrogen and oxygen atoms in total. The monoisotopic (exact) mass is 522 g/mol. The van der Waals surface area contributed by atoms with Gasteiger partial charge < -0.3 is 16.0 Å². The maximum atomic E-state index is 15.4. The van der Waals surface area contributed by atoms with Crippen LogP contribution >= 0.6 is 0 Å². The number of hydrogen-bond acceptors (Lipinski definition) is 6. The number of nitrogens with zero attached hydrogens (tertiary/aromatic N) is 2. The summed E-state index contributed by atoms with van der Waals surface area (Å²) >= 11 is 0. The van der Waals surface area contributed by atoms with Crippen LogP contribution in [-0.4, -0.2) is 49.9 Å². The molecular weight excluding hydrogens is 491 g/mol. The predicted octanol–water partition coefficient (Wildman–Crippen LogP) is 4.07. The molecule has 0 radical (unpaired) electrons. The van der Waals surface area contributed by atoms with Crippen molar-refractivity contribution < 1.29 is 17.6 Å². The lowest BCUT2D eigenvalue weighted by molar-refractivity contribution is 0.0946. The number of pyridine rings is 1. The quantitative estimate of drug-likeness (QED) is 0.523. The molecule has 2 aliphatic heterocycles. The van der Waals surface area contributed by atoms with Gasteiger partial charge in [-0.2, -0.15) is 0 Å². The summed E-state index contributed by atoms with van der Waals surface area (Å²) in [5, 5.41) is 2.84. The minimum absolute atomic E-state index is 0.0308. The first-order chi connectivity index (χ1) is 17.5. The molecule has 5 rings (SSSR count). The van der Waals surface area contributed by atoms with Crippen molar-refractivity contribution in [1.82, 2.24) is 10.3 Å². The van der Waals surface area contributed by atoms with Gasteiger partial charge in [0.05, 0.1) is 4.75 Å². The number of carbonyl (C=O) groups excluding carboxylic acids is 1. The number of nitrogen functional groups attached to an aromatic ring is 1. The molecule has 9 heteroatoms. The maximum Gasteiger partial charge on any atom is 0.251 e. The van der Waals surface area contributed by atoms with E-state index in [1.165, 1.54) is 12.3 Å². The van der Waals surface area contributed by atoms with Gasteiger partial charge in [0.15, 0.2) is 9.84 Å². The molecule has 3 N–H and O–H groups in total. The molecule has 2 aromatic carbocycles. The van der Waals surface area contributed by atoms with E-state index in [4.69, 9.17) is 5.73 Å². The van der Waals surface area contributed by atoms with Crippen molar-refractivity contribution >= 4 is 27.2 Å². The van der Waals surface area contributed by atoms with Gasteiger partial charge >= 0.3 is 0 Å². The highest BCUT2D eigenvalue weighted by atomic mass is 32.2. The van der Waals surface area contributed by atoms with E-state index in [1.54, 1.807) is 32.2 Å². The number of fused-ring (bicyclic) bond motifs is 1. The second-order valence-electron chi connectivity index (χ2n) is 10.5. The Morgan fingerprint density at radius 1 is 1.08 bits per heavy atom. The molecule has 0 saturated carbocycles. The first-order valence-electron chi connectivity index (χ1n) is 12.4. The number of anilines is 2. The van der Waals surface area contributed by atoms with Gasteiger partial charge in [-0.1, -0.05) is 12.1 Å². The number of aromatic nitrogens is 1. The summed E-state index contributed by atoms with van der Waals surface area (Å²) in [6.45, 7) is 5.35. The van der Waals surface area contributed by atoms with Gasteiger partial charge in [-0.25, -0.2) is 17.8 Å². The van der Waals surface area contributed by atoms with Crippen LogP contribution in [0.5, 0.6) is 0 Å². The Morgan fingerprint density at radius 3 is 2.57 bits per heavy atom. The van der Waals surface area contributed by atoms with Gasteiger partial charge in [0, 0.05) is 60.0 Å². The topological polar surface area (TPSA) is 105 Å². The number of nitrogens with two attached hydrogens (primary N) is 1. The zero-order valence-electron chi connectivity index (χ0n) is 21.2. The number of amides is 1. The van der Waals surface area contributed by atoms with Crippen molar-refractivity contribution in [3.8, 4) is 22.3 Å². The molecule has 1 saturated heterocycles. The Morgan fingerprint density at radius 2 is 1.84 bits per heavy atom. The lowest BCUT2D eigenvalue weighted by Crippen LogP contribution is -2.40. The van der Waals surface area contributed by atoms with Gasteiger partial charge in [0.25, 0.3) is 5.91 Å². The third-order valence-corrected chi connectivity index (χ3v) is 10.3. The molecule has 2 aliphatic rings. The van der Waals surface area contributed by atoms with Crippen LogP contribution in [-0.2, 0) is 16.3 Å². The van der Waals surface area contributed by atoms with Crippen LogP contribution in [0.15, 0.2) is 48.7 Å². The summed E-state index contributed by atoms with van der Waals surface area (Å²) in [6, 6.07) is 12.5. The highest BCUT2D eigenvalue weighted by molar-refractivity contribution is 7.92. The number of sulfone groups is 1. The van der Waals surface area contributed by atoms with Crippen LogP contribution in [0.1, 0.15) is 36.2 Å². The van der Waals surface area contributed by atoms with Gasteiger partial charge in [-0.05, 0) is 74.1 Å². The van der Waals surface area contributed by atoms with E-state index < -0.39 is 14.6 Å². The second-order valence-corrected chi connectivity index (χ2v) is 13.1. The van der Waals surface area contributed by atoms with Crippen molar-refractivity contribution in [1.29, 1.82) is 0 Å². The highest BCUT2D eigenvalue weighted by Crippen LogP contribution is 2.37. The molecule has 0 spiro atoms. The predicted molar refractivity (Wildman–Crippen MR) is 145 cm³/mol. The van der Waals surface area contributed by atoms with E-state index in [-0.39, 0.29) is 17.6 Å². The normalized spacial score (nSPS) is 18.0. The highest BCUT2D eigenvalue weighted by Gasteiger charge is 2.42. The molecule has 0 aliphatic carbocycles. The number of benzene rings is 2. The molecule has 1 aromatic heterocycles. The van der Waals surface area contributed by atoms with E-state index in [9.17, 15) is 13.2 Å². The first-order valence-corrected chi connectivity index (χ1v) is 14.3. The van der Waals surface area contributed by atoms with Gasteiger partial charge in [0.2, 0.25) is 0 Å². The van der Waals surface area contributed by atoms with Crippen molar-refractivity contribution in [2.45, 2.75) is 31.4 Å². The lowest BCUT2D eigenvalue weighted by Gasteiger charge is -2.30. The molecular formula is C28H31FN4O3S. The third-order valence-electron chi connectivity index (χ3n) is 8.02. The summed E-state index contributed by atoms with van der Waals surface area (Å²) < 4.78 is 39.1. The zero-order valence-corrected chi connectivity index (χ0v) is 22.0. The van der Waals surface area contributed by atoms with Crippen LogP contribution in [0.4, 0.5) is 15.9 Å². The van der Waals surface area contributed by atoms with Crippen LogP contribution in [0.25, 0.3) is 22.3 Å². The standard InChI is InChI=1S/C28H31FN4O3S/c1-28(2,37(3,35)36)20-9-11-33(16-20)21-5-7-22(25(29)14-21)19-13-24(26(30)32-15-19)17-4-6-23-18(12-17)8-10-31-27(23)34/h4-7,12-15,20H,8-11,16H2,1-3H3,(H2,30,32)(H,31,34)/t20-/m0/s1. The van der Waals surface area contributed by atoms with Crippen LogP contribution < -0.4 is 16.0 Å². The van der Waals surface area contributed by atoms with E-state index >= 15 is 4.39 Å². The summed E-state index contributed by atoms with van der Waals surface area (Å²) in [6.07, 6.45) is 4.30. The molecule has 0 unspecified atom stereocenters. The summed E-state index contributed by atoms with van der Waals surface area (Å²) in [7, 11) is -3.22. The zero-order chi connectivity index (χ0) is 26.5. The van der Waals surface area contributed by atoms with Crippen LogP contribution in [0.3, 0.4) is 0 Å². The second kappa shape index (κ2) is 9.13. The SMILES string of the molecule is CC(C)([C@H]1CCN(c2ccc(-c3cnc(N)c(-c4ccc5c(c4)CCNC5=O)c3)c(F)c2)C1)S(C)(=O)=O. The molecule has 0 bridgehead atoms. The van der Waals surface area contributed by atoms with Gasteiger partial charge in [0.1, 0.15) is 11.6 Å². The summed E-state index contributed by atoms with van der Waals surface area (Å²) in [4.78, 5) is 18.5. The fourth-order valence-electron chi connectivity index (χ4n) is 5.25. The average Bonchev–Trinajstić information content (AvgIpc) is 3.35. The van der Waals surface area contributed by atoms with Crippen molar-refractivity contribution in [3.05, 3.63) is 65.6 Å². The van der Waals surface area contributed by atoms with Crippen LogP contribution in [0, 0.1) is 11.7 Å². The number of nitrogens with one attached hydrogen (secondary N) is 1. The van der Waals surface area contributed by atoms with Crippen molar-refractivity contribution in [2.24, 2.45) is 5.92 Å². The Hall–Kier alpha value is -3.46. The van der Waals surface area contributed by atoms with E-state index in [2.05, 4.69) is 10.3 Å². The minimum atomic E-state index is -3.22. The first kappa shape index (κ1) is 25.2. The fourth-order valence-corrected chi connectivity index (χ4v) is 6.05. The van der Waals surface area contributed by atoms with E-state index in [0.717, 1.165) is 29.7 Å².